The second-order valence-corrected chi connectivity index (χ2v) is 6.08. The number of nitrogens with one attached hydrogen (secondary N) is 3. The van der Waals surface area contributed by atoms with Crippen molar-refractivity contribution >= 4 is 18.1 Å². The minimum Gasteiger partial charge on any atom is -0.371 e. The number of anilines is 1. The molecule has 2 atom stereocenters. The number of piperidine rings is 1. The molecule has 2 aliphatic rings. The fourth-order valence-corrected chi connectivity index (χ4v) is 3.19. The number of nitrogens with zero attached hydrogens (tertiary/aromatic N) is 1. The van der Waals surface area contributed by atoms with E-state index in [1.54, 1.807) is 0 Å². The van der Waals surface area contributed by atoms with E-state index in [-0.39, 0.29) is 12.4 Å². The van der Waals surface area contributed by atoms with Gasteiger partial charge in [-0.3, -0.25) is 10.9 Å². The molecule has 5 heteroatoms. The predicted octanol–water partition coefficient (Wildman–Crippen LogP) is 1.78. The first-order valence-corrected chi connectivity index (χ1v) is 7.84. The van der Waals surface area contributed by atoms with Gasteiger partial charge >= 0.3 is 0 Å². The second kappa shape index (κ2) is 7.99. The van der Waals surface area contributed by atoms with Crippen LogP contribution in [0.3, 0.4) is 0 Å². The highest BCUT2D eigenvalue weighted by Gasteiger charge is 2.24. The molecule has 2 aliphatic heterocycles. The first kappa shape index (κ1) is 16.6. The van der Waals surface area contributed by atoms with Crippen molar-refractivity contribution in [2.75, 3.05) is 31.1 Å². The zero-order chi connectivity index (χ0) is 13.8. The zero-order valence-corrected chi connectivity index (χ0v) is 13.5. The average Bonchev–Trinajstić information content (AvgIpc) is 2.92. The van der Waals surface area contributed by atoms with Crippen molar-refractivity contribution in [2.45, 2.75) is 31.8 Å². The van der Waals surface area contributed by atoms with E-state index < -0.39 is 0 Å². The summed E-state index contributed by atoms with van der Waals surface area (Å²) in [4.78, 5) is 2.50. The topological polar surface area (TPSA) is 39.3 Å². The quantitative estimate of drug-likeness (QED) is 0.793. The summed E-state index contributed by atoms with van der Waals surface area (Å²) in [7, 11) is 0. The summed E-state index contributed by atoms with van der Waals surface area (Å²) >= 11 is 0. The first-order valence-electron chi connectivity index (χ1n) is 7.84. The Labute approximate surface area is 134 Å². The van der Waals surface area contributed by atoms with Crippen molar-refractivity contribution in [3.8, 4) is 0 Å². The molecule has 3 rings (SSSR count). The fraction of sp³-hybridized carbons (Fsp3) is 0.625. The lowest BCUT2D eigenvalue weighted by Gasteiger charge is -2.34. The van der Waals surface area contributed by atoms with Gasteiger partial charge in [-0.2, -0.15) is 0 Å². The van der Waals surface area contributed by atoms with E-state index in [0.717, 1.165) is 13.1 Å². The minimum absolute atomic E-state index is 0. The molecule has 0 aliphatic carbocycles. The Balaban J connectivity index is 0.00000161. The molecule has 0 amide bonds. The lowest BCUT2D eigenvalue weighted by molar-refractivity contribution is 0.369. The third-order valence-electron chi connectivity index (χ3n) is 4.69. The van der Waals surface area contributed by atoms with Gasteiger partial charge in [0.25, 0.3) is 0 Å². The Hall–Kier alpha value is -0.810. The third-order valence-corrected chi connectivity index (χ3v) is 4.69. The number of hydrogen-bond donors (Lipinski definition) is 3. The van der Waals surface area contributed by atoms with Crippen LogP contribution in [0.15, 0.2) is 30.3 Å². The average molecular weight is 311 g/mol. The van der Waals surface area contributed by atoms with Gasteiger partial charge in [0.15, 0.2) is 0 Å². The van der Waals surface area contributed by atoms with Crippen molar-refractivity contribution in [3.05, 3.63) is 30.3 Å². The molecule has 0 aromatic heterocycles. The van der Waals surface area contributed by atoms with Crippen molar-refractivity contribution in [2.24, 2.45) is 5.92 Å². The summed E-state index contributed by atoms with van der Waals surface area (Å²) in [6.45, 7) is 6.79. The largest absolute Gasteiger partial charge is 0.371 e. The van der Waals surface area contributed by atoms with E-state index in [4.69, 9.17) is 0 Å². The van der Waals surface area contributed by atoms with Gasteiger partial charge in [-0.15, -0.1) is 12.4 Å². The normalized spacial score (nSPS) is 26.6. The second-order valence-electron chi connectivity index (χ2n) is 6.08. The molecule has 3 N–H and O–H groups in total. The molecule has 118 valence electrons. The Kier molecular flexibility index (Phi) is 6.30. The monoisotopic (exact) mass is 310 g/mol. The van der Waals surface area contributed by atoms with Crippen LogP contribution in [0.5, 0.6) is 0 Å². The minimum atomic E-state index is 0. The molecule has 0 radical (unpaired) electrons. The maximum Gasteiger partial charge on any atom is 0.0366 e. The Morgan fingerprint density at radius 2 is 1.90 bits per heavy atom. The number of para-hydroxylation sites is 1. The molecule has 2 unspecified atom stereocenters. The van der Waals surface area contributed by atoms with E-state index in [1.165, 1.54) is 31.6 Å². The SMILES string of the molecule is CC1NNCC1CNC1CCN(c2ccccc2)CC1.Cl. The van der Waals surface area contributed by atoms with Crippen molar-refractivity contribution < 1.29 is 0 Å². The van der Waals surface area contributed by atoms with Crippen LogP contribution in [-0.2, 0) is 0 Å². The van der Waals surface area contributed by atoms with E-state index >= 15 is 0 Å². The number of halogens is 1. The summed E-state index contributed by atoms with van der Waals surface area (Å²) in [5.41, 5.74) is 7.89. The number of hydrazine groups is 1. The number of hydrogen-bond acceptors (Lipinski definition) is 4. The van der Waals surface area contributed by atoms with E-state index in [0.29, 0.717) is 18.0 Å². The summed E-state index contributed by atoms with van der Waals surface area (Å²) in [5, 5.41) is 3.76. The molecule has 4 nitrogen and oxygen atoms in total. The van der Waals surface area contributed by atoms with Gasteiger partial charge in [0.1, 0.15) is 0 Å². The number of benzene rings is 1. The van der Waals surface area contributed by atoms with Gasteiger partial charge in [0.05, 0.1) is 0 Å². The standard InChI is InChI=1S/C16H26N4.ClH/c1-13-14(12-18-19-13)11-17-15-7-9-20(10-8-15)16-5-3-2-4-6-16;/h2-6,13-15,17-19H,7-12H2,1H3;1H. The van der Waals surface area contributed by atoms with Crippen molar-refractivity contribution in [1.29, 1.82) is 0 Å². The van der Waals surface area contributed by atoms with Crippen LogP contribution in [0.2, 0.25) is 0 Å². The first-order chi connectivity index (χ1) is 9.83. The summed E-state index contributed by atoms with van der Waals surface area (Å²) < 4.78 is 0. The molecular formula is C16H27ClN4. The van der Waals surface area contributed by atoms with Gasteiger partial charge in [-0.1, -0.05) is 18.2 Å². The summed E-state index contributed by atoms with van der Waals surface area (Å²) in [6, 6.07) is 12.0. The molecule has 1 aromatic carbocycles. The van der Waals surface area contributed by atoms with Crippen LogP contribution >= 0.6 is 12.4 Å². The molecular weight excluding hydrogens is 284 g/mol. The Morgan fingerprint density at radius 1 is 1.19 bits per heavy atom. The Morgan fingerprint density at radius 3 is 2.52 bits per heavy atom. The lowest BCUT2D eigenvalue weighted by Crippen LogP contribution is -2.45. The van der Waals surface area contributed by atoms with Crippen LogP contribution in [-0.4, -0.2) is 38.3 Å². The van der Waals surface area contributed by atoms with Gasteiger partial charge in [0.2, 0.25) is 0 Å². The van der Waals surface area contributed by atoms with Gasteiger partial charge in [-0.25, -0.2) is 0 Å². The lowest BCUT2D eigenvalue weighted by atomic mass is 10.0. The fourth-order valence-electron chi connectivity index (χ4n) is 3.19. The smallest absolute Gasteiger partial charge is 0.0366 e. The molecule has 0 saturated carbocycles. The molecule has 1 aromatic rings. The van der Waals surface area contributed by atoms with Gasteiger partial charge in [-0.05, 0) is 31.9 Å². The molecule has 2 heterocycles. The molecule has 21 heavy (non-hydrogen) atoms. The molecule has 2 saturated heterocycles. The summed E-state index contributed by atoms with van der Waals surface area (Å²) in [6.07, 6.45) is 2.49. The van der Waals surface area contributed by atoms with Crippen LogP contribution in [0.4, 0.5) is 5.69 Å². The van der Waals surface area contributed by atoms with Crippen molar-refractivity contribution in [1.82, 2.24) is 16.2 Å². The van der Waals surface area contributed by atoms with Crippen LogP contribution < -0.4 is 21.1 Å². The number of rotatable bonds is 4. The van der Waals surface area contributed by atoms with E-state index in [9.17, 15) is 0 Å². The van der Waals surface area contributed by atoms with Gasteiger partial charge in [0, 0.05) is 49.9 Å². The third kappa shape index (κ3) is 4.33. The maximum atomic E-state index is 3.76. The van der Waals surface area contributed by atoms with Crippen LogP contribution in [0, 0.1) is 5.92 Å². The van der Waals surface area contributed by atoms with E-state index in [1.807, 2.05) is 0 Å². The molecule has 0 spiro atoms. The highest BCUT2D eigenvalue weighted by molar-refractivity contribution is 5.85. The Bertz CT molecular complexity index is 406. The van der Waals surface area contributed by atoms with E-state index in [2.05, 4.69) is 58.3 Å². The summed E-state index contributed by atoms with van der Waals surface area (Å²) in [5.74, 6) is 0.710. The highest BCUT2D eigenvalue weighted by Crippen LogP contribution is 2.19. The van der Waals surface area contributed by atoms with Crippen molar-refractivity contribution in [3.63, 3.8) is 0 Å². The highest BCUT2D eigenvalue weighted by atomic mass is 35.5. The molecule has 2 fully saturated rings. The van der Waals surface area contributed by atoms with Crippen LogP contribution in [0.25, 0.3) is 0 Å². The van der Waals surface area contributed by atoms with Gasteiger partial charge < -0.3 is 10.2 Å². The van der Waals surface area contributed by atoms with Crippen LogP contribution in [0.1, 0.15) is 19.8 Å². The maximum absolute atomic E-state index is 3.76. The zero-order valence-electron chi connectivity index (χ0n) is 12.7. The predicted molar refractivity (Wildman–Crippen MR) is 91.0 cm³/mol. The molecule has 0 bridgehead atoms.